The minimum Gasteiger partial charge on any atom is -0.488 e. The Labute approximate surface area is 83.1 Å². The van der Waals surface area contributed by atoms with Crippen molar-refractivity contribution in [1.29, 1.82) is 0 Å². The predicted octanol–water partition coefficient (Wildman–Crippen LogP) is 2.10. The second-order valence-electron chi connectivity index (χ2n) is 3.68. The van der Waals surface area contributed by atoms with Crippen LogP contribution in [-0.4, -0.2) is 12.0 Å². The number of hydrogen-bond donors (Lipinski definition) is 1. The van der Waals surface area contributed by atoms with Crippen LogP contribution in [0.4, 0.5) is 5.69 Å². The fraction of sp³-hybridized carbons (Fsp3) is 0.364. The zero-order chi connectivity index (χ0) is 10.1. The Morgan fingerprint density at radius 1 is 1.50 bits per heavy atom. The molecule has 0 aliphatic carbocycles. The number of fused-ring (bicyclic) bond motifs is 1. The van der Waals surface area contributed by atoms with Crippen LogP contribution < -0.4 is 10.1 Å². The largest absolute Gasteiger partial charge is 0.488 e. The number of amides is 1. The second kappa shape index (κ2) is 3.33. The molecular formula is C11H13NO2. The monoisotopic (exact) mass is 191 g/mol. The molecule has 0 bridgehead atoms. The molecule has 0 saturated carbocycles. The normalized spacial score (nSPS) is 20.4. The van der Waals surface area contributed by atoms with Gasteiger partial charge in [0.05, 0.1) is 12.1 Å². The van der Waals surface area contributed by atoms with Gasteiger partial charge in [-0.1, -0.05) is 6.07 Å². The molecule has 1 aliphatic heterocycles. The van der Waals surface area contributed by atoms with Crippen LogP contribution in [-0.2, 0) is 4.79 Å². The van der Waals surface area contributed by atoms with E-state index in [1.54, 1.807) is 0 Å². The molecule has 1 amide bonds. The molecule has 74 valence electrons. The first kappa shape index (κ1) is 9.06. The number of carbonyl (C=O) groups excluding carboxylic acids is 1. The third-order valence-corrected chi connectivity index (χ3v) is 2.21. The van der Waals surface area contributed by atoms with Gasteiger partial charge in [0.15, 0.2) is 0 Å². The van der Waals surface area contributed by atoms with Gasteiger partial charge in [-0.3, -0.25) is 4.79 Å². The molecule has 1 aromatic carbocycles. The average Bonchev–Trinajstić information content (AvgIpc) is 2.21. The van der Waals surface area contributed by atoms with E-state index in [-0.39, 0.29) is 12.0 Å². The molecule has 0 unspecified atom stereocenters. The van der Waals surface area contributed by atoms with Crippen molar-refractivity contribution in [2.75, 3.05) is 5.32 Å². The fourth-order valence-electron chi connectivity index (χ4n) is 1.55. The maximum Gasteiger partial charge on any atom is 0.228 e. The van der Waals surface area contributed by atoms with Crippen LogP contribution in [0.3, 0.4) is 0 Å². The Balaban J connectivity index is 2.41. The van der Waals surface area contributed by atoms with Gasteiger partial charge in [0.25, 0.3) is 0 Å². The molecule has 1 N–H and O–H groups in total. The highest BCUT2D eigenvalue weighted by Gasteiger charge is 2.18. The molecule has 0 spiro atoms. The number of benzene rings is 1. The second-order valence-corrected chi connectivity index (χ2v) is 3.68. The minimum atomic E-state index is -0.0574. The van der Waals surface area contributed by atoms with Crippen molar-refractivity contribution in [2.24, 2.45) is 0 Å². The highest BCUT2D eigenvalue weighted by atomic mass is 16.5. The molecule has 3 nitrogen and oxygen atoms in total. The molecule has 0 aromatic heterocycles. The zero-order valence-corrected chi connectivity index (χ0v) is 8.33. The van der Waals surface area contributed by atoms with Gasteiger partial charge in [0.2, 0.25) is 5.91 Å². The van der Waals surface area contributed by atoms with Gasteiger partial charge in [-0.25, -0.2) is 0 Å². The van der Waals surface area contributed by atoms with Crippen molar-refractivity contribution in [1.82, 2.24) is 0 Å². The molecule has 1 aromatic rings. The lowest BCUT2D eigenvalue weighted by Gasteiger charge is -2.11. The van der Waals surface area contributed by atoms with E-state index in [9.17, 15) is 4.79 Å². The van der Waals surface area contributed by atoms with Gasteiger partial charge < -0.3 is 10.1 Å². The van der Waals surface area contributed by atoms with Crippen molar-refractivity contribution >= 4 is 11.6 Å². The Bertz CT molecular complexity index is 374. The Kier molecular flexibility index (Phi) is 2.15. The average molecular weight is 191 g/mol. The quantitative estimate of drug-likeness (QED) is 0.682. The number of anilines is 1. The van der Waals surface area contributed by atoms with Gasteiger partial charge in [0.1, 0.15) is 11.9 Å². The van der Waals surface area contributed by atoms with Crippen molar-refractivity contribution in [3.8, 4) is 5.75 Å². The van der Waals surface area contributed by atoms with E-state index < -0.39 is 0 Å². The summed E-state index contributed by atoms with van der Waals surface area (Å²) in [6.07, 6.45) is 0.353. The summed E-state index contributed by atoms with van der Waals surface area (Å²) in [5, 5.41) is 2.82. The van der Waals surface area contributed by atoms with Crippen molar-refractivity contribution in [3.05, 3.63) is 23.8 Å². The number of rotatable bonds is 0. The summed E-state index contributed by atoms with van der Waals surface area (Å²) in [5.74, 6) is 0.781. The van der Waals surface area contributed by atoms with E-state index in [1.807, 2.05) is 32.0 Å². The number of hydrogen-bond acceptors (Lipinski definition) is 2. The summed E-state index contributed by atoms with van der Waals surface area (Å²) in [6.45, 7) is 3.90. The van der Waals surface area contributed by atoms with Gasteiger partial charge in [0, 0.05) is 0 Å². The Morgan fingerprint density at radius 2 is 2.29 bits per heavy atom. The first-order valence-corrected chi connectivity index (χ1v) is 4.72. The van der Waals surface area contributed by atoms with Crippen LogP contribution in [0.15, 0.2) is 18.2 Å². The number of carbonyl (C=O) groups is 1. The summed E-state index contributed by atoms with van der Waals surface area (Å²) in [6, 6.07) is 5.77. The zero-order valence-electron chi connectivity index (χ0n) is 8.33. The molecule has 1 heterocycles. The summed E-state index contributed by atoms with van der Waals surface area (Å²) in [5.41, 5.74) is 1.90. The summed E-state index contributed by atoms with van der Waals surface area (Å²) >= 11 is 0. The molecule has 0 fully saturated rings. The smallest absolute Gasteiger partial charge is 0.228 e. The Hall–Kier alpha value is -1.51. The van der Waals surface area contributed by atoms with Crippen molar-refractivity contribution < 1.29 is 9.53 Å². The summed E-state index contributed by atoms with van der Waals surface area (Å²) in [7, 11) is 0. The lowest BCUT2D eigenvalue weighted by Crippen LogP contribution is -2.17. The topological polar surface area (TPSA) is 38.3 Å². The van der Waals surface area contributed by atoms with E-state index in [0.29, 0.717) is 6.42 Å². The van der Waals surface area contributed by atoms with E-state index in [4.69, 9.17) is 4.74 Å². The van der Waals surface area contributed by atoms with Crippen LogP contribution in [0.2, 0.25) is 0 Å². The van der Waals surface area contributed by atoms with E-state index >= 15 is 0 Å². The van der Waals surface area contributed by atoms with E-state index in [1.165, 1.54) is 0 Å². The van der Waals surface area contributed by atoms with Crippen LogP contribution in [0.5, 0.6) is 5.75 Å². The lowest BCUT2D eigenvalue weighted by molar-refractivity contribution is -0.117. The fourth-order valence-corrected chi connectivity index (χ4v) is 1.55. The van der Waals surface area contributed by atoms with Crippen molar-refractivity contribution in [2.45, 2.75) is 26.4 Å². The predicted molar refractivity (Wildman–Crippen MR) is 54.5 cm³/mol. The third kappa shape index (κ3) is 1.71. The van der Waals surface area contributed by atoms with Crippen LogP contribution in [0.25, 0.3) is 0 Å². The molecule has 0 saturated heterocycles. The standard InChI is InChI=1S/C11H13NO2/c1-7-3-4-9-10(5-7)14-8(2)6-11(13)12-9/h3-5,8H,6H2,1-2H3,(H,12,13)/t8-/m0/s1. The first-order valence-electron chi connectivity index (χ1n) is 4.72. The Morgan fingerprint density at radius 3 is 3.07 bits per heavy atom. The van der Waals surface area contributed by atoms with Gasteiger partial charge in [-0.15, -0.1) is 0 Å². The molecule has 2 rings (SSSR count). The number of nitrogens with one attached hydrogen (secondary N) is 1. The first-order chi connectivity index (χ1) is 6.65. The van der Waals surface area contributed by atoms with E-state index in [2.05, 4.69) is 5.32 Å². The maximum absolute atomic E-state index is 11.4. The molecule has 1 aliphatic rings. The number of aryl methyl sites for hydroxylation is 1. The summed E-state index contributed by atoms with van der Waals surface area (Å²) < 4.78 is 5.62. The highest BCUT2D eigenvalue weighted by molar-refractivity contribution is 5.93. The van der Waals surface area contributed by atoms with Crippen LogP contribution in [0.1, 0.15) is 18.9 Å². The minimum absolute atomic E-state index is 0.0140. The molecule has 14 heavy (non-hydrogen) atoms. The lowest BCUT2D eigenvalue weighted by atomic mass is 10.2. The summed E-state index contributed by atoms with van der Waals surface area (Å²) in [4.78, 5) is 11.4. The SMILES string of the molecule is Cc1ccc2c(c1)O[C@@H](C)CC(=O)N2. The molecule has 1 atom stereocenters. The van der Waals surface area contributed by atoms with Crippen LogP contribution in [0, 0.1) is 6.92 Å². The van der Waals surface area contributed by atoms with Gasteiger partial charge in [-0.05, 0) is 31.5 Å². The molecule has 0 radical (unpaired) electrons. The number of ether oxygens (including phenoxy) is 1. The third-order valence-electron chi connectivity index (χ3n) is 2.21. The highest BCUT2D eigenvalue weighted by Crippen LogP contribution is 2.29. The van der Waals surface area contributed by atoms with Crippen molar-refractivity contribution in [3.63, 3.8) is 0 Å². The van der Waals surface area contributed by atoms with Crippen LogP contribution >= 0.6 is 0 Å². The van der Waals surface area contributed by atoms with E-state index in [0.717, 1.165) is 17.0 Å². The molecule has 3 heteroatoms. The van der Waals surface area contributed by atoms with Gasteiger partial charge >= 0.3 is 0 Å². The maximum atomic E-state index is 11.4. The van der Waals surface area contributed by atoms with Gasteiger partial charge in [-0.2, -0.15) is 0 Å². The molecular weight excluding hydrogens is 178 g/mol.